The Morgan fingerprint density at radius 2 is 2.04 bits per heavy atom. The largest absolute Gasteiger partial charge is 0.454 e. The quantitative estimate of drug-likeness (QED) is 0.646. The van der Waals surface area contributed by atoms with Gasteiger partial charge in [-0.05, 0) is 42.0 Å². The zero-order chi connectivity index (χ0) is 18.5. The summed E-state index contributed by atoms with van der Waals surface area (Å²) in [5, 5.41) is 2.99. The van der Waals surface area contributed by atoms with Gasteiger partial charge in [0, 0.05) is 12.1 Å². The Hall–Kier alpha value is -2.50. The number of rotatable bonds is 5. The van der Waals surface area contributed by atoms with Gasteiger partial charge in [-0.25, -0.2) is 4.79 Å². The highest BCUT2D eigenvalue weighted by Crippen LogP contribution is 2.32. The Morgan fingerprint density at radius 1 is 1.23 bits per heavy atom. The number of benzene rings is 1. The van der Waals surface area contributed by atoms with Crippen LogP contribution >= 0.6 is 0 Å². The molecule has 26 heavy (non-hydrogen) atoms. The predicted octanol–water partition coefficient (Wildman–Crippen LogP) is 2.91. The van der Waals surface area contributed by atoms with Crippen molar-refractivity contribution in [2.24, 2.45) is 11.8 Å². The molecule has 1 aliphatic heterocycles. The van der Waals surface area contributed by atoms with E-state index in [9.17, 15) is 9.59 Å². The first-order valence-corrected chi connectivity index (χ1v) is 9.07. The standard InChI is InChI=1S/C20H25NO5/c1-13-4-3-5-16(14(13)2)21-19(22)11-24-20(23)9-7-15-6-8-17-18(10-15)26-12-25-17/h6-10,13-14,16H,3-5,11-12H2,1-2H3,(H,21,22)/b9-7+/t13-,14+,16+/m0/s1. The molecule has 0 bridgehead atoms. The monoisotopic (exact) mass is 359 g/mol. The van der Waals surface area contributed by atoms with Crippen LogP contribution in [-0.2, 0) is 14.3 Å². The Bertz CT molecular complexity index is 699. The summed E-state index contributed by atoms with van der Waals surface area (Å²) in [6.45, 7) is 4.32. The van der Waals surface area contributed by atoms with E-state index in [-0.39, 0.29) is 25.3 Å². The Morgan fingerprint density at radius 3 is 2.88 bits per heavy atom. The van der Waals surface area contributed by atoms with Crippen molar-refractivity contribution in [1.29, 1.82) is 0 Å². The maximum atomic E-state index is 12.0. The lowest BCUT2D eigenvalue weighted by Crippen LogP contribution is -2.45. The summed E-state index contributed by atoms with van der Waals surface area (Å²) < 4.78 is 15.6. The SMILES string of the molecule is C[C@@H]1[C@@H](C)CCC[C@H]1NC(=O)COC(=O)/C=C/c1ccc2c(c1)OCO2. The normalized spacial score (nSPS) is 24.5. The third kappa shape index (κ3) is 4.56. The second kappa shape index (κ2) is 8.25. The van der Waals surface area contributed by atoms with Crippen LogP contribution < -0.4 is 14.8 Å². The molecular formula is C20H25NO5. The van der Waals surface area contributed by atoms with Gasteiger partial charge in [0.05, 0.1) is 0 Å². The van der Waals surface area contributed by atoms with E-state index in [0.29, 0.717) is 23.3 Å². The Kier molecular flexibility index (Phi) is 5.81. The van der Waals surface area contributed by atoms with Crippen molar-refractivity contribution in [1.82, 2.24) is 5.32 Å². The molecule has 0 radical (unpaired) electrons. The van der Waals surface area contributed by atoms with Crippen molar-refractivity contribution in [2.45, 2.75) is 39.2 Å². The molecule has 3 rings (SSSR count). The van der Waals surface area contributed by atoms with Gasteiger partial charge in [-0.2, -0.15) is 0 Å². The van der Waals surface area contributed by atoms with Gasteiger partial charge in [0.25, 0.3) is 5.91 Å². The van der Waals surface area contributed by atoms with E-state index in [1.165, 1.54) is 12.5 Å². The van der Waals surface area contributed by atoms with Gasteiger partial charge in [-0.3, -0.25) is 4.79 Å². The topological polar surface area (TPSA) is 73.9 Å². The number of ether oxygens (including phenoxy) is 3. The third-order valence-corrected chi connectivity index (χ3v) is 5.21. The molecule has 3 atom stereocenters. The molecule has 1 fully saturated rings. The zero-order valence-corrected chi connectivity index (χ0v) is 15.2. The molecule has 1 aliphatic carbocycles. The lowest BCUT2D eigenvalue weighted by atomic mass is 9.78. The second-order valence-corrected chi connectivity index (χ2v) is 7.00. The van der Waals surface area contributed by atoms with Crippen LogP contribution in [-0.4, -0.2) is 31.3 Å². The van der Waals surface area contributed by atoms with E-state index < -0.39 is 5.97 Å². The molecule has 1 heterocycles. The molecule has 0 unspecified atom stereocenters. The molecule has 0 spiro atoms. The lowest BCUT2D eigenvalue weighted by Gasteiger charge is -2.34. The highest BCUT2D eigenvalue weighted by atomic mass is 16.7. The molecule has 1 saturated carbocycles. The number of fused-ring (bicyclic) bond motifs is 1. The number of hydrogen-bond donors (Lipinski definition) is 1. The molecule has 2 aliphatic rings. The first kappa shape index (κ1) is 18.3. The van der Waals surface area contributed by atoms with Gasteiger partial charge in [0.1, 0.15) is 0 Å². The van der Waals surface area contributed by atoms with Gasteiger partial charge in [0.15, 0.2) is 18.1 Å². The fraction of sp³-hybridized carbons (Fsp3) is 0.500. The number of carbonyl (C=O) groups is 2. The van der Waals surface area contributed by atoms with Crippen molar-refractivity contribution >= 4 is 18.0 Å². The van der Waals surface area contributed by atoms with Crippen molar-refractivity contribution in [3.05, 3.63) is 29.8 Å². The number of carbonyl (C=O) groups excluding carboxylic acids is 2. The zero-order valence-electron chi connectivity index (χ0n) is 15.2. The van der Waals surface area contributed by atoms with Crippen molar-refractivity contribution in [2.75, 3.05) is 13.4 Å². The van der Waals surface area contributed by atoms with Gasteiger partial charge in [-0.15, -0.1) is 0 Å². The molecule has 1 amide bonds. The van der Waals surface area contributed by atoms with Gasteiger partial charge < -0.3 is 19.5 Å². The van der Waals surface area contributed by atoms with E-state index >= 15 is 0 Å². The van der Waals surface area contributed by atoms with Gasteiger partial charge in [-0.1, -0.05) is 32.8 Å². The van der Waals surface area contributed by atoms with Crippen LogP contribution in [0.4, 0.5) is 0 Å². The first-order chi connectivity index (χ1) is 12.5. The van der Waals surface area contributed by atoms with E-state index in [2.05, 4.69) is 19.2 Å². The molecule has 1 N–H and O–H groups in total. The third-order valence-electron chi connectivity index (χ3n) is 5.21. The summed E-state index contributed by atoms with van der Waals surface area (Å²) >= 11 is 0. The summed E-state index contributed by atoms with van der Waals surface area (Å²) in [6, 6.07) is 5.54. The van der Waals surface area contributed by atoms with Crippen LogP contribution in [0.5, 0.6) is 11.5 Å². The number of hydrogen-bond acceptors (Lipinski definition) is 5. The van der Waals surface area contributed by atoms with Crippen LogP contribution in [0.15, 0.2) is 24.3 Å². The van der Waals surface area contributed by atoms with Gasteiger partial charge >= 0.3 is 5.97 Å². The number of nitrogens with one attached hydrogen (secondary N) is 1. The maximum Gasteiger partial charge on any atom is 0.331 e. The molecule has 0 saturated heterocycles. The number of esters is 1. The minimum absolute atomic E-state index is 0.161. The summed E-state index contributed by atoms with van der Waals surface area (Å²) in [5.41, 5.74) is 0.792. The summed E-state index contributed by atoms with van der Waals surface area (Å²) in [4.78, 5) is 23.8. The average molecular weight is 359 g/mol. The van der Waals surface area contributed by atoms with Crippen LogP contribution in [0, 0.1) is 11.8 Å². The van der Waals surface area contributed by atoms with Crippen molar-refractivity contribution < 1.29 is 23.8 Å². The highest BCUT2D eigenvalue weighted by Gasteiger charge is 2.28. The summed E-state index contributed by atoms with van der Waals surface area (Å²) in [5.74, 6) is 1.57. The van der Waals surface area contributed by atoms with E-state index in [1.807, 2.05) is 6.07 Å². The molecule has 140 valence electrons. The maximum absolute atomic E-state index is 12.0. The minimum atomic E-state index is -0.553. The smallest absolute Gasteiger partial charge is 0.331 e. The van der Waals surface area contributed by atoms with E-state index in [4.69, 9.17) is 14.2 Å². The fourth-order valence-electron chi connectivity index (χ4n) is 3.40. The fourth-order valence-corrected chi connectivity index (χ4v) is 3.40. The summed E-state index contributed by atoms with van der Waals surface area (Å²) in [7, 11) is 0. The Labute approximate surface area is 153 Å². The highest BCUT2D eigenvalue weighted by molar-refractivity contribution is 5.89. The van der Waals surface area contributed by atoms with Crippen LogP contribution in [0.3, 0.4) is 0 Å². The predicted molar refractivity (Wildman–Crippen MR) is 96.7 cm³/mol. The number of amides is 1. The van der Waals surface area contributed by atoms with Crippen molar-refractivity contribution in [3.63, 3.8) is 0 Å². The van der Waals surface area contributed by atoms with Crippen LogP contribution in [0.1, 0.15) is 38.7 Å². The summed E-state index contributed by atoms with van der Waals surface area (Å²) in [6.07, 6.45) is 6.22. The van der Waals surface area contributed by atoms with E-state index in [1.54, 1.807) is 18.2 Å². The second-order valence-electron chi connectivity index (χ2n) is 7.00. The molecule has 1 aromatic carbocycles. The molecule has 6 heteroatoms. The molecule has 1 aromatic rings. The van der Waals surface area contributed by atoms with Crippen molar-refractivity contribution in [3.8, 4) is 11.5 Å². The lowest BCUT2D eigenvalue weighted by molar-refractivity contribution is -0.144. The van der Waals surface area contributed by atoms with Crippen LogP contribution in [0.25, 0.3) is 6.08 Å². The average Bonchev–Trinajstić information content (AvgIpc) is 3.10. The van der Waals surface area contributed by atoms with Gasteiger partial charge in [0.2, 0.25) is 6.79 Å². The van der Waals surface area contributed by atoms with Crippen LogP contribution in [0.2, 0.25) is 0 Å². The Balaban J connectivity index is 1.44. The first-order valence-electron chi connectivity index (χ1n) is 9.07. The molecule has 0 aromatic heterocycles. The molecule has 6 nitrogen and oxygen atoms in total. The molecular weight excluding hydrogens is 334 g/mol. The minimum Gasteiger partial charge on any atom is -0.454 e. The van der Waals surface area contributed by atoms with E-state index in [0.717, 1.165) is 18.4 Å².